The molecule has 1 fully saturated rings. The molecule has 6 heteroatoms. The maximum atomic E-state index is 5.53. The first-order valence-corrected chi connectivity index (χ1v) is 9.52. The molecule has 1 aliphatic heterocycles. The van der Waals surface area contributed by atoms with Crippen molar-refractivity contribution in [3.05, 3.63) is 29.3 Å². The first kappa shape index (κ1) is 19.7. The number of hydrazone groups is 1. The number of hydrogen-bond acceptors (Lipinski definition) is 4. The lowest BCUT2D eigenvalue weighted by Crippen LogP contribution is -2.33. The quantitative estimate of drug-likeness (QED) is 0.322. The summed E-state index contributed by atoms with van der Waals surface area (Å²) in [5, 5.41) is 8.13. The lowest BCUT2D eigenvalue weighted by molar-refractivity contribution is 0.321. The molecule has 25 heavy (non-hydrogen) atoms. The van der Waals surface area contributed by atoms with Crippen LogP contribution in [0.2, 0.25) is 0 Å². The van der Waals surface area contributed by atoms with E-state index in [-0.39, 0.29) is 0 Å². The van der Waals surface area contributed by atoms with Gasteiger partial charge in [0.05, 0.1) is 12.8 Å². The number of nitrogens with one attached hydrogen (secondary N) is 2. The molecule has 2 rings (SSSR count). The lowest BCUT2D eigenvalue weighted by atomic mass is 10.1. The van der Waals surface area contributed by atoms with Gasteiger partial charge in [-0.2, -0.15) is 5.10 Å². The molecule has 0 saturated carbocycles. The number of unbranched alkanes of at least 4 members (excludes halogenated alkanes) is 1. The number of ether oxygens (including phenoxy) is 1. The van der Waals surface area contributed by atoms with Gasteiger partial charge in [-0.1, -0.05) is 13.3 Å². The largest absolute Gasteiger partial charge is 0.496 e. The van der Waals surface area contributed by atoms with Gasteiger partial charge in [0.2, 0.25) is 0 Å². The van der Waals surface area contributed by atoms with Gasteiger partial charge in [-0.25, -0.2) is 0 Å². The highest BCUT2D eigenvalue weighted by atomic mass is 32.1. The number of rotatable bonds is 8. The van der Waals surface area contributed by atoms with E-state index >= 15 is 0 Å². The molecule has 1 aliphatic rings. The molecule has 1 heterocycles. The molecule has 0 aliphatic carbocycles. The van der Waals surface area contributed by atoms with Gasteiger partial charge < -0.3 is 10.1 Å². The van der Waals surface area contributed by atoms with Crippen LogP contribution in [0.4, 0.5) is 0 Å². The van der Waals surface area contributed by atoms with Crippen LogP contribution in [0.1, 0.15) is 50.7 Å². The highest BCUT2D eigenvalue weighted by Gasteiger charge is 2.15. The van der Waals surface area contributed by atoms with Crippen molar-refractivity contribution in [2.24, 2.45) is 5.10 Å². The zero-order valence-electron chi connectivity index (χ0n) is 15.6. The van der Waals surface area contributed by atoms with Gasteiger partial charge in [0.25, 0.3) is 0 Å². The standard InChI is InChI=1S/C19H30N4OS/c1-4-5-10-20-19(25)22-21-15(2)16-8-9-18(24-3)17(13-16)14-23-11-6-7-12-23/h8-9,13H,4-7,10-12,14H2,1-3H3,(H2,20,22,25)/b21-15-. The van der Waals surface area contributed by atoms with E-state index in [1.54, 1.807) is 7.11 Å². The van der Waals surface area contributed by atoms with Crippen molar-refractivity contribution in [2.45, 2.75) is 46.1 Å². The van der Waals surface area contributed by atoms with Crippen LogP contribution >= 0.6 is 12.2 Å². The lowest BCUT2D eigenvalue weighted by Gasteiger charge is -2.18. The normalized spacial score (nSPS) is 15.2. The van der Waals surface area contributed by atoms with Crippen LogP contribution in [-0.2, 0) is 6.54 Å². The monoisotopic (exact) mass is 362 g/mol. The Hall–Kier alpha value is -1.66. The highest BCUT2D eigenvalue weighted by molar-refractivity contribution is 7.80. The third-order valence-corrected chi connectivity index (χ3v) is 4.67. The Morgan fingerprint density at radius 3 is 2.76 bits per heavy atom. The van der Waals surface area contributed by atoms with E-state index in [4.69, 9.17) is 17.0 Å². The molecule has 1 aromatic rings. The molecule has 0 spiro atoms. The van der Waals surface area contributed by atoms with Gasteiger partial charge in [-0.05, 0) is 75.3 Å². The molecule has 138 valence electrons. The second-order valence-corrected chi connectivity index (χ2v) is 6.84. The minimum atomic E-state index is 0.568. The summed E-state index contributed by atoms with van der Waals surface area (Å²) in [6.45, 7) is 8.28. The minimum Gasteiger partial charge on any atom is -0.496 e. The van der Waals surface area contributed by atoms with Gasteiger partial charge in [0.15, 0.2) is 5.11 Å². The van der Waals surface area contributed by atoms with E-state index in [1.165, 1.54) is 31.5 Å². The molecule has 0 bridgehead atoms. The summed E-state index contributed by atoms with van der Waals surface area (Å²) < 4.78 is 5.53. The first-order valence-electron chi connectivity index (χ1n) is 9.11. The van der Waals surface area contributed by atoms with Crippen molar-refractivity contribution < 1.29 is 4.74 Å². The van der Waals surface area contributed by atoms with Gasteiger partial charge >= 0.3 is 0 Å². The number of hydrogen-bond donors (Lipinski definition) is 2. The summed E-state index contributed by atoms with van der Waals surface area (Å²) in [5.41, 5.74) is 6.13. The van der Waals surface area contributed by atoms with E-state index in [9.17, 15) is 0 Å². The molecule has 0 radical (unpaired) electrons. The van der Waals surface area contributed by atoms with Crippen molar-refractivity contribution in [1.82, 2.24) is 15.6 Å². The van der Waals surface area contributed by atoms with Crippen molar-refractivity contribution >= 4 is 23.0 Å². The molecular formula is C19H30N4OS. The SMILES string of the molecule is CCCCNC(=S)N/N=C(/C)c1ccc(OC)c(CN2CCCC2)c1. The van der Waals surface area contributed by atoms with Gasteiger partial charge in [-0.15, -0.1) is 0 Å². The third-order valence-electron chi connectivity index (χ3n) is 4.43. The van der Waals surface area contributed by atoms with Gasteiger partial charge in [0.1, 0.15) is 5.75 Å². The molecule has 0 aromatic heterocycles. The van der Waals surface area contributed by atoms with E-state index < -0.39 is 0 Å². The Morgan fingerprint density at radius 1 is 1.32 bits per heavy atom. The third kappa shape index (κ3) is 6.29. The number of methoxy groups -OCH3 is 1. The summed E-state index contributed by atoms with van der Waals surface area (Å²) in [6.07, 6.45) is 4.82. The molecule has 0 atom stereocenters. The van der Waals surface area contributed by atoms with Crippen LogP contribution in [0.25, 0.3) is 0 Å². The van der Waals surface area contributed by atoms with Crippen molar-refractivity contribution in [2.75, 3.05) is 26.7 Å². The van der Waals surface area contributed by atoms with Crippen LogP contribution in [-0.4, -0.2) is 42.5 Å². The van der Waals surface area contributed by atoms with Crippen molar-refractivity contribution in [1.29, 1.82) is 0 Å². The fourth-order valence-corrected chi connectivity index (χ4v) is 3.07. The second-order valence-electron chi connectivity index (χ2n) is 6.43. The average molecular weight is 363 g/mol. The van der Waals surface area contributed by atoms with Crippen molar-refractivity contribution in [3.8, 4) is 5.75 Å². The fraction of sp³-hybridized carbons (Fsp3) is 0.579. The predicted molar refractivity (Wildman–Crippen MR) is 108 cm³/mol. The highest BCUT2D eigenvalue weighted by Crippen LogP contribution is 2.23. The molecule has 1 aromatic carbocycles. The topological polar surface area (TPSA) is 48.9 Å². The van der Waals surface area contributed by atoms with E-state index in [1.807, 2.05) is 19.1 Å². The maximum absolute atomic E-state index is 5.53. The molecule has 0 unspecified atom stereocenters. The Labute approximate surface area is 156 Å². The molecule has 2 N–H and O–H groups in total. The van der Waals surface area contributed by atoms with Crippen LogP contribution in [0, 0.1) is 0 Å². The predicted octanol–water partition coefficient (Wildman–Crippen LogP) is 3.28. The second kappa shape index (κ2) is 10.4. The average Bonchev–Trinajstić information content (AvgIpc) is 3.13. The van der Waals surface area contributed by atoms with Crippen LogP contribution in [0.5, 0.6) is 5.75 Å². The van der Waals surface area contributed by atoms with Crippen LogP contribution < -0.4 is 15.5 Å². The number of benzene rings is 1. The number of thiocarbonyl (C=S) groups is 1. The van der Waals surface area contributed by atoms with E-state index in [0.717, 1.165) is 43.0 Å². The zero-order valence-corrected chi connectivity index (χ0v) is 16.4. The molecular weight excluding hydrogens is 332 g/mol. The van der Waals surface area contributed by atoms with E-state index in [2.05, 4.69) is 33.7 Å². The molecule has 1 saturated heterocycles. The first-order chi connectivity index (χ1) is 12.1. The number of likely N-dealkylation sites (tertiary alicyclic amines) is 1. The summed E-state index contributed by atoms with van der Waals surface area (Å²) in [4.78, 5) is 2.47. The fourth-order valence-electron chi connectivity index (χ4n) is 2.93. The smallest absolute Gasteiger partial charge is 0.186 e. The zero-order chi connectivity index (χ0) is 18.1. The van der Waals surface area contributed by atoms with Crippen molar-refractivity contribution in [3.63, 3.8) is 0 Å². The van der Waals surface area contributed by atoms with Crippen LogP contribution in [0.15, 0.2) is 23.3 Å². The summed E-state index contributed by atoms with van der Waals surface area (Å²) >= 11 is 5.24. The Balaban J connectivity index is 2.01. The summed E-state index contributed by atoms with van der Waals surface area (Å²) in [6, 6.07) is 6.24. The molecule has 0 amide bonds. The number of nitrogens with zero attached hydrogens (tertiary/aromatic N) is 2. The Kier molecular flexibility index (Phi) is 8.15. The Bertz CT molecular complexity index is 597. The van der Waals surface area contributed by atoms with E-state index in [0.29, 0.717) is 5.11 Å². The minimum absolute atomic E-state index is 0.568. The molecule has 5 nitrogen and oxygen atoms in total. The van der Waals surface area contributed by atoms with Gasteiger partial charge in [0, 0.05) is 18.7 Å². The van der Waals surface area contributed by atoms with Gasteiger partial charge in [-0.3, -0.25) is 10.3 Å². The summed E-state index contributed by atoms with van der Waals surface area (Å²) in [5.74, 6) is 0.938. The summed E-state index contributed by atoms with van der Waals surface area (Å²) in [7, 11) is 1.73. The van der Waals surface area contributed by atoms with Crippen LogP contribution in [0.3, 0.4) is 0 Å². The maximum Gasteiger partial charge on any atom is 0.186 e. The Morgan fingerprint density at radius 2 is 2.08 bits per heavy atom.